The highest BCUT2D eigenvalue weighted by Gasteiger charge is 2.34. The van der Waals surface area contributed by atoms with Crippen molar-refractivity contribution in [3.8, 4) is 5.69 Å². The highest BCUT2D eigenvalue weighted by molar-refractivity contribution is 5.76. The Morgan fingerprint density at radius 3 is 2.50 bits per heavy atom. The molecule has 0 spiro atoms. The van der Waals surface area contributed by atoms with Crippen LogP contribution in [0.15, 0.2) is 24.3 Å². The van der Waals surface area contributed by atoms with Crippen molar-refractivity contribution in [2.24, 2.45) is 0 Å². The van der Waals surface area contributed by atoms with Gasteiger partial charge in [-0.05, 0) is 19.1 Å². The summed E-state index contributed by atoms with van der Waals surface area (Å²) < 4.78 is 40.6. The number of aryl methyl sites for hydroxylation is 2. The molecule has 106 valence electrons. The third-order valence-electron chi connectivity index (χ3n) is 3.04. The van der Waals surface area contributed by atoms with E-state index in [1.807, 2.05) is 0 Å². The number of alkyl halides is 3. The van der Waals surface area contributed by atoms with Gasteiger partial charge in [-0.3, -0.25) is 9.36 Å². The Hall–Kier alpha value is -2.11. The molecule has 1 heterocycles. The molecule has 0 aliphatic rings. The van der Waals surface area contributed by atoms with E-state index < -0.39 is 11.7 Å². The van der Waals surface area contributed by atoms with E-state index in [9.17, 15) is 18.0 Å². The standard InChI is InChI=1S/C14H13F3N2O/c1-3-13-18-9(2)12(8-20)19(13)11-7-5-4-6-10(11)14(15,16)17/h4-8H,3H2,1-2H3. The van der Waals surface area contributed by atoms with Crippen molar-refractivity contribution in [3.63, 3.8) is 0 Å². The maximum absolute atomic E-state index is 13.1. The van der Waals surface area contributed by atoms with Gasteiger partial charge in [0.05, 0.1) is 16.9 Å². The lowest BCUT2D eigenvalue weighted by Crippen LogP contribution is -2.13. The van der Waals surface area contributed by atoms with E-state index >= 15 is 0 Å². The number of rotatable bonds is 3. The minimum Gasteiger partial charge on any atom is -0.296 e. The number of para-hydroxylation sites is 1. The molecule has 0 saturated heterocycles. The zero-order chi connectivity index (χ0) is 14.9. The summed E-state index contributed by atoms with van der Waals surface area (Å²) in [5.41, 5.74) is -0.276. The number of benzene rings is 1. The minimum absolute atomic E-state index is 0.0699. The summed E-state index contributed by atoms with van der Waals surface area (Å²) in [5, 5.41) is 0. The molecule has 0 saturated carbocycles. The summed E-state index contributed by atoms with van der Waals surface area (Å²) in [7, 11) is 0. The van der Waals surface area contributed by atoms with Gasteiger partial charge in [0.1, 0.15) is 11.5 Å². The summed E-state index contributed by atoms with van der Waals surface area (Å²) in [6.07, 6.45) is -3.52. The van der Waals surface area contributed by atoms with Crippen LogP contribution < -0.4 is 0 Å². The highest BCUT2D eigenvalue weighted by atomic mass is 19.4. The van der Waals surface area contributed by atoms with Crippen molar-refractivity contribution in [3.05, 3.63) is 47.0 Å². The molecule has 6 heteroatoms. The molecule has 0 radical (unpaired) electrons. The van der Waals surface area contributed by atoms with Crippen molar-refractivity contribution in [2.45, 2.75) is 26.4 Å². The number of carbonyl (C=O) groups excluding carboxylic acids is 1. The van der Waals surface area contributed by atoms with E-state index in [-0.39, 0.29) is 11.4 Å². The summed E-state index contributed by atoms with van der Waals surface area (Å²) in [4.78, 5) is 15.3. The number of aromatic nitrogens is 2. The summed E-state index contributed by atoms with van der Waals surface area (Å²) in [6.45, 7) is 3.39. The third kappa shape index (κ3) is 2.33. The van der Waals surface area contributed by atoms with Crippen LogP contribution in [0.1, 0.15) is 34.5 Å². The Morgan fingerprint density at radius 1 is 1.30 bits per heavy atom. The Kier molecular flexibility index (Phi) is 3.65. The van der Waals surface area contributed by atoms with Crippen molar-refractivity contribution < 1.29 is 18.0 Å². The Labute approximate surface area is 114 Å². The molecule has 1 aromatic carbocycles. The Bertz CT molecular complexity index is 644. The lowest BCUT2D eigenvalue weighted by molar-refractivity contribution is -0.137. The largest absolute Gasteiger partial charge is 0.418 e. The van der Waals surface area contributed by atoms with Gasteiger partial charge >= 0.3 is 6.18 Å². The topological polar surface area (TPSA) is 34.9 Å². The molecule has 3 nitrogen and oxygen atoms in total. The van der Waals surface area contributed by atoms with Gasteiger partial charge in [-0.25, -0.2) is 4.98 Å². The van der Waals surface area contributed by atoms with Crippen LogP contribution in [0.25, 0.3) is 5.69 Å². The predicted molar refractivity (Wildman–Crippen MR) is 68.1 cm³/mol. The molecule has 0 unspecified atom stereocenters. The van der Waals surface area contributed by atoms with E-state index in [0.29, 0.717) is 24.2 Å². The van der Waals surface area contributed by atoms with Gasteiger partial charge in [0.25, 0.3) is 0 Å². The molecule has 0 amide bonds. The lowest BCUT2D eigenvalue weighted by Gasteiger charge is -2.16. The first-order valence-corrected chi connectivity index (χ1v) is 6.10. The monoisotopic (exact) mass is 282 g/mol. The second-order valence-electron chi connectivity index (χ2n) is 4.32. The van der Waals surface area contributed by atoms with Gasteiger partial charge in [0, 0.05) is 6.42 Å². The lowest BCUT2D eigenvalue weighted by atomic mass is 10.1. The van der Waals surface area contributed by atoms with Gasteiger partial charge in [-0.1, -0.05) is 19.1 Å². The first-order chi connectivity index (χ1) is 9.40. The quantitative estimate of drug-likeness (QED) is 0.807. The molecule has 20 heavy (non-hydrogen) atoms. The van der Waals surface area contributed by atoms with Crippen LogP contribution in [0.5, 0.6) is 0 Å². The molecule has 0 fully saturated rings. The average Bonchev–Trinajstić information content (AvgIpc) is 2.73. The van der Waals surface area contributed by atoms with Crippen LogP contribution in [-0.2, 0) is 12.6 Å². The average molecular weight is 282 g/mol. The van der Waals surface area contributed by atoms with Gasteiger partial charge in [0.2, 0.25) is 0 Å². The van der Waals surface area contributed by atoms with Crippen LogP contribution >= 0.6 is 0 Å². The maximum Gasteiger partial charge on any atom is 0.418 e. The summed E-state index contributed by atoms with van der Waals surface area (Å²) in [5.74, 6) is 0.432. The molecular weight excluding hydrogens is 269 g/mol. The molecule has 1 aromatic heterocycles. The van der Waals surface area contributed by atoms with Crippen LogP contribution in [0.3, 0.4) is 0 Å². The van der Waals surface area contributed by atoms with Crippen LogP contribution in [0, 0.1) is 6.92 Å². The fraction of sp³-hybridized carbons (Fsp3) is 0.286. The smallest absolute Gasteiger partial charge is 0.296 e. The predicted octanol–water partition coefficient (Wildman–Crippen LogP) is 3.57. The number of aldehydes is 1. The van der Waals surface area contributed by atoms with Gasteiger partial charge in [-0.15, -0.1) is 0 Å². The first kappa shape index (κ1) is 14.3. The number of imidazole rings is 1. The van der Waals surface area contributed by atoms with E-state index in [1.165, 1.54) is 22.8 Å². The number of halogens is 3. The molecule has 0 bridgehead atoms. The van der Waals surface area contributed by atoms with Gasteiger partial charge in [-0.2, -0.15) is 13.2 Å². The zero-order valence-corrected chi connectivity index (χ0v) is 11.0. The van der Waals surface area contributed by atoms with E-state index in [0.717, 1.165) is 6.07 Å². The minimum atomic E-state index is -4.49. The van der Waals surface area contributed by atoms with Crippen LogP contribution in [0.4, 0.5) is 13.2 Å². The second kappa shape index (κ2) is 5.11. The Morgan fingerprint density at radius 2 is 1.95 bits per heavy atom. The molecule has 0 aliphatic carbocycles. The van der Waals surface area contributed by atoms with Crippen molar-refractivity contribution in [2.75, 3.05) is 0 Å². The molecule has 0 aliphatic heterocycles. The van der Waals surface area contributed by atoms with Crippen LogP contribution in [-0.4, -0.2) is 15.8 Å². The van der Waals surface area contributed by atoms with E-state index in [1.54, 1.807) is 13.8 Å². The zero-order valence-electron chi connectivity index (χ0n) is 11.0. The molecule has 0 N–H and O–H groups in total. The SMILES string of the molecule is CCc1nc(C)c(C=O)n1-c1ccccc1C(F)(F)F. The highest BCUT2D eigenvalue weighted by Crippen LogP contribution is 2.34. The van der Waals surface area contributed by atoms with Crippen molar-refractivity contribution in [1.82, 2.24) is 9.55 Å². The molecule has 2 rings (SSSR count). The van der Waals surface area contributed by atoms with Gasteiger partial charge in [0.15, 0.2) is 6.29 Å². The molecule has 2 aromatic rings. The fourth-order valence-electron chi connectivity index (χ4n) is 2.15. The third-order valence-corrected chi connectivity index (χ3v) is 3.04. The van der Waals surface area contributed by atoms with Gasteiger partial charge < -0.3 is 0 Å². The van der Waals surface area contributed by atoms with Crippen molar-refractivity contribution >= 4 is 6.29 Å². The molecular formula is C14H13F3N2O. The number of hydrogen-bond donors (Lipinski definition) is 0. The first-order valence-electron chi connectivity index (χ1n) is 6.10. The van der Waals surface area contributed by atoms with E-state index in [2.05, 4.69) is 4.98 Å². The maximum atomic E-state index is 13.1. The fourth-order valence-corrected chi connectivity index (χ4v) is 2.15. The number of nitrogens with zero attached hydrogens (tertiary/aromatic N) is 2. The number of hydrogen-bond acceptors (Lipinski definition) is 2. The normalized spacial score (nSPS) is 11.7. The van der Waals surface area contributed by atoms with Crippen LogP contribution in [0.2, 0.25) is 0 Å². The Balaban J connectivity index is 2.78. The second-order valence-corrected chi connectivity index (χ2v) is 4.32. The van der Waals surface area contributed by atoms with Crippen molar-refractivity contribution in [1.29, 1.82) is 0 Å². The molecule has 0 atom stereocenters. The van der Waals surface area contributed by atoms with E-state index in [4.69, 9.17) is 0 Å². The summed E-state index contributed by atoms with van der Waals surface area (Å²) in [6, 6.07) is 5.17. The number of carbonyl (C=O) groups is 1. The summed E-state index contributed by atoms with van der Waals surface area (Å²) >= 11 is 0.